The Bertz CT molecular complexity index is 954. The summed E-state index contributed by atoms with van der Waals surface area (Å²) in [5.41, 5.74) is 5.29. The predicted molar refractivity (Wildman–Crippen MR) is 110 cm³/mol. The van der Waals surface area contributed by atoms with Gasteiger partial charge in [0.15, 0.2) is 12.2 Å². The number of anilines is 1. The molecule has 3 heterocycles. The maximum Gasteiger partial charge on any atom is 0.328 e. The number of allylic oxidation sites excluding steroid dienone is 2. The maximum absolute atomic E-state index is 13.3. The van der Waals surface area contributed by atoms with Gasteiger partial charge in [-0.15, -0.1) is 0 Å². The van der Waals surface area contributed by atoms with E-state index in [1.165, 1.54) is 15.4 Å². The van der Waals surface area contributed by atoms with Crippen molar-refractivity contribution in [2.45, 2.75) is 46.3 Å². The highest BCUT2D eigenvalue weighted by atomic mass is 16.3. The van der Waals surface area contributed by atoms with Gasteiger partial charge in [0.2, 0.25) is 5.96 Å². The molecule has 3 aliphatic rings. The molecule has 29 heavy (non-hydrogen) atoms. The molecule has 2 unspecified atom stereocenters. The van der Waals surface area contributed by atoms with Crippen molar-refractivity contribution < 1.29 is 14.7 Å². The smallest absolute Gasteiger partial charge is 0.328 e. The zero-order valence-corrected chi connectivity index (χ0v) is 17.5. The van der Waals surface area contributed by atoms with Crippen molar-refractivity contribution in [1.82, 2.24) is 14.7 Å². The van der Waals surface area contributed by atoms with E-state index in [4.69, 9.17) is 10.1 Å². The van der Waals surface area contributed by atoms with Crippen molar-refractivity contribution in [1.29, 1.82) is 0 Å². The number of rotatable bonds is 4. The van der Waals surface area contributed by atoms with Crippen LogP contribution in [0.25, 0.3) is 0 Å². The number of aryl methyl sites for hydroxylation is 2. The van der Waals surface area contributed by atoms with E-state index in [0.717, 1.165) is 22.6 Å². The molecule has 0 spiro atoms. The van der Waals surface area contributed by atoms with Crippen molar-refractivity contribution in [3.8, 4) is 0 Å². The molecule has 4 rings (SSSR count). The van der Waals surface area contributed by atoms with Gasteiger partial charge in [0.05, 0.1) is 5.69 Å². The van der Waals surface area contributed by atoms with Gasteiger partial charge in [-0.1, -0.05) is 17.7 Å². The number of amides is 3. The number of guanidine groups is 1. The lowest BCUT2D eigenvalue weighted by atomic mass is 10.1. The summed E-state index contributed by atoms with van der Waals surface area (Å²) in [6.45, 7) is 8.26. The van der Waals surface area contributed by atoms with Gasteiger partial charge < -0.3 is 10.0 Å². The van der Waals surface area contributed by atoms with Gasteiger partial charge in [-0.05, 0) is 45.7 Å². The Balaban J connectivity index is 1.76. The molecule has 2 atom stereocenters. The van der Waals surface area contributed by atoms with Gasteiger partial charge >= 0.3 is 6.03 Å². The molecule has 8 nitrogen and oxygen atoms in total. The number of nitrogens with zero attached hydrogens (tertiary/aromatic N) is 5. The van der Waals surface area contributed by atoms with Crippen LogP contribution in [0.5, 0.6) is 0 Å². The molecule has 1 aromatic carbocycles. The zero-order valence-electron chi connectivity index (χ0n) is 17.5. The highest BCUT2D eigenvalue weighted by Crippen LogP contribution is 2.40. The van der Waals surface area contributed by atoms with Crippen LogP contribution in [0.1, 0.15) is 31.4 Å². The fraction of sp³-hybridized carbons (Fsp3) is 0.476. The molecular weight excluding hydrogens is 370 g/mol. The highest BCUT2D eigenvalue weighted by Gasteiger charge is 2.55. The number of hydrogen-bond donors (Lipinski definition) is 1. The first-order chi connectivity index (χ1) is 13.8. The monoisotopic (exact) mass is 397 g/mol. The van der Waals surface area contributed by atoms with Gasteiger partial charge in [0.1, 0.15) is 0 Å². The normalized spacial score (nSPS) is 23.9. The molecule has 3 amide bonds. The number of carbonyl (C=O) groups excluding carboxylic acids is 2. The van der Waals surface area contributed by atoms with Gasteiger partial charge in [0, 0.05) is 31.6 Å². The van der Waals surface area contributed by atoms with Crippen LogP contribution in [0.4, 0.5) is 10.5 Å². The number of aliphatic imine (C=N–C) groups is 1. The van der Waals surface area contributed by atoms with E-state index in [9.17, 15) is 9.59 Å². The minimum Gasteiger partial charge on any atom is -0.396 e. The first-order valence-electron chi connectivity index (χ1n) is 9.89. The lowest BCUT2D eigenvalue weighted by Crippen LogP contribution is -2.64. The average molecular weight is 397 g/mol. The van der Waals surface area contributed by atoms with Crippen LogP contribution in [0.2, 0.25) is 0 Å². The molecule has 0 saturated carbocycles. The van der Waals surface area contributed by atoms with Gasteiger partial charge in [-0.2, -0.15) is 0 Å². The number of aliphatic hydroxyl groups is 1. The number of hydrogen-bond acceptors (Lipinski definition) is 6. The van der Waals surface area contributed by atoms with Crippen molar-refractivity contribution in [3.05, 3.63) is 40.7 Å². The molecular formula is C21H27N5O3. The lowest BCUT2D eigenvalue weighted by molar-refractivity contribution is -0.136. The minimum atomic E-state index is -0.586. The molecule has 1 fully saturated rings. The average Bonchev–Trinajstić information content (AvgIpc) is 3.17. The Morgan fingerprint density at radius 2 is 1.83 bits per heavy atom. The van der Waals surface area contributed by atoms with E-state index in [1.54, 1.807) is 7.05 Å². The molecule has 154 valence electrons. The van der Waals surface area contributed by atoms with Crippen molar-refractivity contribution in [2.24, 2.45) is 4.99 Å². The number of benzene rings is 1. The second-order valence-corrected chi connectivity index (χ2v) is 7.91. The summed E-state index contributed by atoms with van der Waals surface area (Å²) in [4.78, 5) is 37.6. The van der Waals surface area contributed by atoms with Gasteiger partial charge in [0.25, 0.3) is 5.91 Å². The van der Waals surface area contributed by atoms with Crippen LogP contribution in [-0.4, -0.2) is 70.1 Å². The molecule has 0 bridgehead atoms. The largest absolute Gasteiger partial charge is 0.396 e. The molecule has 1 N–H and O–H groups in total. The van der Waals surface area contributed by atoms with Crippen molar-refractivity contribution in [3.63, 3.8) is 0 Å². The van der Waals surface area contributed by atoms with Crippen LogP contribution >= 0.6 is 0 Å². The first kappa shape index (κ1) is 19.4. The van der Waals surface area contributed by atoms with E-state index in [-0.39, 0.29) is 25.1 Å². The Labute approximate surface area is 170 Å². The highest BCUT2D eigenvalue weighted by molar-refractivity contribution is 6.10. The SMILES string of the molecule is CC1=C(C)N2C(=NC3C2C(=O)N(CCCO)C(=O)N3C)N1c1ccc(C)cc1C. The van der Waals surface area contributed by atoms with E-state index in [1.807, 2.05) is 18.7 Å². The second-order valence-electron chi connectivity index (χ2n) is 7.91. The van der Waals surface area contributed by atoms with Crippen molar-refractivity contribution >= 4 is 23.6 Å². The third-order valence-corrected chi connectivity index (χ3v) is 6.03. The molecule has 0 aromatic heterocycles. The Morgan fingerprint density at radius 3 is 2.48 bits per heavy atom. The number of carbonyl (C=O) groups is 2. The summed E-state index contributed by atoms with van der Waals surface area (Å²) < 4.78 is 0. The number of urea groups is 1. The van der Waals surface area contributed by atoms with E-state index >= 15 is 0 Å². The molecule has 1 saturated heterocycles. The standard InChI is InChI=1S/C21H27N5O3/c1-12-7-8-16(13(2)11-12)25-14(3)15(4)26-17-18(22-20(25)26)23(5)21(29)24(19(17)28)9-6-10-27/h7-8,11,17-18,27H,6,9-10H2,1-5H3. The van der Waals surface area contributed by atoms with Gasteiger partial charge in [-0.3, -0.25) is 19.5 Å². The van der Waals surface area contributed by atoms with Crippen molar-refractivity contribution in [2.75, 3.05) is 25.1 Å². The fourth-order valence-electron chi connectivity index (χ4n) is 4.39. The van der Waals surface area contributed by atoms with Crippen LogP contribution in [0, 0.1) is 13.8 Å². The number of fused-ring (bicyclic) bond motifs is 3. The van der Waals surface area contributed by atoms with Crippen LogP contribution < -0.4 is 4.90 Å². The lowest BCUT2D eigenvalue weighted by Gasteiger charge is -2.40. The van der Waals surface area contributed by atoms with Crippen LogP contribution in [0.3, 0.4) is 0 Å². The summed E-state index contributed by atoms with van der Waals surface area (Å²) in [5.74, 6) is 0.416. The maximum atomic E-state index is 13.3. The summed E-state index contributed by atoms with van der Waals surface area (Å²) >= 11 is 0. The summed E-state index contributed by atoms with van der Waals surface area (Å²) in [5, 5.41) is 9.15. The third-order valence-electron chi connectivity index (χ3n) is 6.03. The Hall–Kier alpha value is -2.87. The number of imide groups is 1. The van der Waals surface area contributed by atoms with E-state index in [0.29, 0.717) is 12.4 Å². The third kappa shape index (κ3) is 2.73. The first-order valence-corrected chi connectivity index (χ1v) is 9.89. The number of likely N-dealkylation sites (N-methyl/N-ethyl adjacent to an activating group) is 1. The Morgan fingerprint density at radius 1 is 1.10 bits per heavy atom. The quantitative estimate of drug-likeness (QED) is 0.841. The fourth-order valence-corrected chi connectivity index (χ4v) is 4.39. The van der Waals surface area contributed by atoms with Crippen LogP contribution in [0.15, 0.2) is 34.6 Å². The molecule has 8 heteroatoms. The molecule has 0 aliphatic carbocycles. The summed E-state index contributed by atoms with van der Waals surface area (Å²) in [7, 11) is 1.68. The van der Waals surface area contributed by atoms with E-state index < -0.39 is 12.2 Å². The van der Waals surface area contributed by atoms with Crippen LogP contribution in [-0.2, 0) is 4.79 Å². The molecule has 0 radical (unpaired) electrons. The predicted octanol–water partition coefficient (Wildman–Crippen LogP) is 2.02. The summed E-state index contributed by atoms with van der Waals surface area (Å²) in [6, 6.07) is 5.30. The van der Waals surface area contributed by atoms with Gasteiger partial charge in [-0.25, -0.2) is 9.79 Å². The molecule has 3 aliphatic heterocycles. The number of aliphatic hydroxyl groups excluding tert-OH is 1. The minimum absolute atomic E-state index is 0.0706. The molecule has 1 aromatic rings. The van der Waals surface area contributed by atoms with E-state index in [2.05, 4.69) is 36.9 Å². The zero-order chi connectivity index (χ0) is 21.0. The topological polar surface area (TPSA) is 79.7 Å². The second kappa shape index (κ2) is 6.88. The Kier molecular flexibility index (Phi) is 4.61. The summed E-state index contributed by atoms with van der Waals surface area (Å²) in [6.07, 6.45) is -0.203.